The van der Waals surface area contributed by atoms with Crippen LogP contribution >= 0.6 is 23.1 Å². The number of aryl methyl sites for hydroxylation is 1. The molecule has 112 valence electrons. The lowest BCUT2D eigenvalue weighted by molar-refractivity contribution is -0.137. The first-order valence-electron chi connectivity index (χ1n) is 6.70. The Bertz CT molecular complexity index is 816. The first-order chi connectivity index (χ1) is 10.7. The molecule has 0 spiro atoms. The van der Waals surface area contributed by atoms with E-state index in [0.29, 0.717) is 0 Å². The number of benzene rings is 1. The zero-order valence-corrected chi connectivity index (χ0v) is 13.8. The molecule has 0 unspecified atom stereocenters. The predicted molar refractivity (Wildman–Crippen MR) is 90.3 cm³/mol. The summed E-state index contributed by atoms with van der Waals surface area (Å²) in [5.41, 5.74) is 2.29. The fourth-order valence-corrected chi connectivity index (χ4v) is 4.18. The summed E-state index contributed by atoms with van der Waals surface area (Å²) in [6.07, 6.45) is 1.55. The molecule has 3 rings (SSSR count). The summed E-state index contributed by atoms with van der Waals surface area (Å²) in [5, 5.41) is 1.84. The average molecular weight is 330 g/mol. The highest BCUT2D eigenvalue weighted by molar-refractivity contribution is 8.00. The molecule has 1 aromatic carbocycles. The molecule has 0 radical (unpaired) electrons. The number of methoxy groups -OCH3 is 1. The molecule has 0 atom stereocenters. The van der Waals surface area contributed by atoms with Crippen LogP contribution in [0.25, 0.3) is 21.3 Å². The normalized spacial score (nSPS) is 10.8. The van der Waals surface area contributed by atoms with Gasteiger partial charge in [0.15, 0.2) is 0 Å². The molecule has 0 N–H and O–H groups in total. The molecule has 4 nitrogen and oxygen atoms in total. The number of esters is 1. The minimum absolute atomic E-state index is 0.242. The number of carbonyl (C=O) groups excluding carboxylic acids is 1. The number of nitrogens with zero attached hydrogens (tertiary/aromatic N) is 2. The van der Waals surface area contributed by atoms with Crippen molar-refractivity contribution in [2.24, 2.45) is 0 Å². The maximum Gasteiger partial charge on any atom is 0.316 e. The van der Waals surface area contributed by atoms with E-state index >= 15 is 0 Å². The Morgan fingerprint density at radius 2 is 2.05 bits per heavy atom. The Morgan fingerprint density at radius 3 is 2.77 bits per heavy atom. The Balaban J connectivity index is 2.12. The Hall–Kier alpha value is -1.92. The van der Waals surface area contributed by atoms with E-state index < -0.39 is 0 Å². The summed E-state index contributed by atoms with van der Waals surface area (Å²) in [4.78, 5) is 22.3. The molecule has 6 heteroatoms. The number of carbonyl (C=O) groups is 1. The molecule has 0 saturated heterocycles. The van der Waals surface area contributed by atoms with Gasteiger partial charge in [-0.05, 0) is 12.5 Å². The number of thioether (sulfide) groups is 1. The second kappa shape index (κ2) is 6.46. The van der Waals surface area contributed by atoms with Crippen LogP contribution in [0.3, 0.4) is 0 Å². The minimum Gasteiger partial charge on any atom is -0.468 e. The highest BCUT2D eigenvalue weighted by Gasteiger charge is 2.17. The van der Waals surface area contributed by atoms with Crippen molar-refractivity contribution < 1.29 is 9.53 Å². The average Bonchev–Trinajstić information content (AvgIpc) is 2.89. The highest BCUT2D eigenvalue weighted by atomic mass is 32.2. The van der Waals surface area contributed by atoms with Gasteiger partial charge in [-0.3, -0.25) is 4.79 Å². The van der Waals surface area contributed by atoms with Crippen LogP contribution in [0.5, 0.6) is 0 Å². The number of aromatic nitrogens is 2. The maximum atomic E-state index is 11.4. The number of ether oxygens (including phenoxy) is 1. The second-order valence-electron chi connectivity index (χ2n) is 4.62. The first-order valence-corrected chi connectivity index (χ1v) is 8.50. The van der Waals surface area contributed by atoms with Crippen LogP contribution in [-0.4, -0.2) is 28.8 Å². The van der Waals surface area contributed by atoms with Crippen LogP contribution in [-0.2, 0) is 9.53 Å². The van der Waals surface area contributed by atoms with E-state index in [9.17, 15) is 4.79 Å². The van der Waals surface area contributed by atoms with Crippen molar-refractivity contribution in [1.29, 1.82) is 0 Å². The molecule has 0 saturated carbocycles. The quantitative estimate of drug-likeness (QED) is 0.412. The number of hydrogen-bond donors (Lipinski definition) is 0. The molecule has 3 aromatic rings. The van der Waals surface area contributed by atoms with Gasteiger partial charge in [0.25, 0.3) is 0 Å². The van der Waals surface area contributed by atoms with Crippen molar-refractivity contribution in [2.45, 2.75) is 11.9 Å². The Morgan fingerprint density at radius 1 is 1.27 bits per heavy atom. The van der Waals surface area contributed by atoms with Crippen LogP contribution in [0.15, 0.2) is 41.7 Å². The van der Waals surface area contributed by atoms with E-state index in [2.05, 4.69) is 29.0 Å². The van der Waals surface area contributed by atoms with Crippen LogP contribution in [0.1, 0.15) is 4.88 Å². The van der Waals surface area contributed by atoms with Crippen molar-refractivity contribution in [3.05, 3.63) is 41.5 Å². The lowest BCUT2D eigenvalue weighted by Gasteiger charge is -2.05. The largest absolute Gasteiger partial charge is 0.468 e. The number of thiophene rings is 1. The van der Waals surface area contributed by atoms with Crippen molar-refractivity contribution in [3.63, 3.8) is 0 Å². The highest BCUT2D eigenvalue weighted by Crippen LogP contribution is 2.41. The van der Waals surface area contributed by atoms with E-state index in [1.54, 1.807) is 17.7 Å². The minimum atomic E-state index is -0.259. The fraction of sp³-hybridized carbons (Fsp3) is 0.188. The van der Waals surface area contributed by atoms with Crippen molar-refractivity contribution in [1.82, 2.24) is 9.97 Å². The third-order valence-electron chi connectivity index (χ3n) is 3.25. The number of hydrogen-bond acceptors (Lipinski definition) is 6. The topological polar surface area (TPSA) is 52.1 Å². The Labute approximate surface area is 136 Å². The zero-order valence-electron chi connectivity index (χ0n) is 12.2. The molecule has 22 heavy (non-hydrogen) atoms. The molecule has 0 aliphatic rings. The summed E-state index contributed by atoms with van der Waals surface area (Å²) in [6, 6.07) is 10.2. The van der Waals surface area contributed by atoms with E-state index in [1.807, 2.05) is 18.2 Å². The number of fused-ring (bicyclic) bond motifs is 1. The van der Waals surface area contributed by atoms with Crippen LogP contribution in [0.2, 0.25) is 0 Å². The Kier molecular flexibility index (Phi) is 4.40. The van der Waals surface area contributed by atoms with Crippen LogP contribution < -0.4 is 0 Å². The summed E-state index contributed by atoms with van der Waals surface area (Å²) in [6.45, 7) is 2.09. The second-order valence-corrected chi connectivity index (χ2v) is 6.79. The van der Waals surface area contributed by atoms with Gasteiger partial charge in [0.2, 0.25) is 0 Å². The first kappa shape index (κ1) is 15.0. The molecule has 0 fully saturated rings. The summed E-state index contributed by atoms with van der Waals surface area (Å²) < 4.78 is 4.70. The predicted octanol–water partition coefficient (Wildman–Crippen LogP) is 3.93. The van der Waals surface area contributed by atoms with Gasteiger partial charge < -0.3 is 4.74 Å². The number of rotatable bonds is 4. The monoisotopic (exact) mass is 330 g/mol. The SMILES string of the molecule is COC(=O)CSc1ncnc2sc(C)c(-c3ccccc3)c12. The summed E-state index contributed by atoms with van der Waals surface area (Å²) in [7, 11) is 1.39. The van der Waals surface area contributed by atoms with E-state index in [1.165, 1.54) is 23.7 Å². The van der Waals surface area contributed by atoms with Crippen LogP contribution in [0, 0.1) is 6.92 Å². The standard InChI is InChI=1S/C16H14N2O2S2/c1-10-13(11-6-4-3-5-7-11)14-15(21-8-12(19)20-2)17-9-18-16(14)22-10/h3-7,9H,8H2,1-2H3. The van der Waals surface area contributed by atoms with Gasteiger partial charge in [-0.1, -0.05) is 42.1 Å². The maximum absolute atomic E-state index is 11.4. The van der Waals surface area contributed by atoms with E-state index in [-0.39, 0.29) is 11.7 Å². The van der Waals surface area contributed by atoms with Gasteiger partial charge in [0, 0.05) is 10.4 Å². The third kappa shape index (κ3) is 2.84. The third-order valence-corrected chi connectivity index (χ3v) is 5.22. The lowest BCUT2D eigenvalue weighted by atomic mass is 10.0. The molecular formula is C16H14N2O2S2. The molecule has 0 bridgehead atoms. The van der Waals surface area contributed by atoms with Gasteiger partial charge in [-0.2, -0.15) is 0 Å². The fourth-order valence-electron chi connectivity index (χ4n) is 2.27. The molecular weight excluding hydrogens is 316 g/mol. The smallest absolute Gasteiger partial charge is 0.316 e. The van der Waals surface area contributed by atoms with Crippen molar-refractivity contribution >= 4 is 39.3 Å². The van der Waals surface area contributed by atoms with Gasteiger partial charge in [0.05, 0.1) is 18.2 Å². The summed E-state index contributed by atoms with van der Waals surface area (Å²) in [5.74, 6) is -0.0175. The van der Waals surface area contributed by atoms with Crippen molar-refractivity contribution in [2.75, 3.05) is 12.9 Å². The van der Waals surface area contributed by atoms with Gasteiger partial charge in [-0.15, -0.1) is 11.3 Å². The van der Waals surface area contributed by atoms with E-state index in [4.69, 9.17) is 4.74 Å². The van der Waals surface area contributed by atoms with Gasteiger partial charge in [0.1, 0.15) is 16.2 Å². The zero-order chi connectivity index (χ0) is 15.5. The molecule has 2 heterocycles. The lowest BCUT2D eigenvalue weighted by Crippen LogP contribution is -2.03. The molecule has 0 amide bonds. The summed E-state index contributed by atoms with van der Waals surface area (Å²) >= 11 is 3.03. The molecule has 2 aromatic heterocycles. The molecule has 0 aliphatic heterocycles. The molecule has 0 aliphatic carbocycles. The van der Waals surface area contributed by atoms with Crippen molar-refractivity contribution in [3.8, 4) is 11.1 Å². The van der Waals surface area contributed by atoms with Gasteiger partial charge in [-0.25, -0.2) is 9.97 Å². The van der Waals surface area contributed by atoms with Gasteiger partial charge >= 0.3 is 5.97 Å². The van der Waals surface area contributed by atoms with E-state index in [0.717, 1.165) is 26.4 Å². The van der Waals surface area contributed by atoms with Crippen LogP contribution in [0.4, 0.5) is 0 Å².